The Balaban J connectivity index is 3.78. The normalized spacial score (nSPS) is 11.9. The highest BCUT2D eigenvalue weighted by Gasteiger charge is 2.13. The van der Waals surface area contributed by atoms with E-state index in [2.05, 4.69) is 20.8 Å². The Morgan fingerprint density at radius 3 is 1.71 bits per heavy atom. The summed E-state index contributed by atoms with van der Waals surface area (Å²) in [4.78, 5) is 0. The van der Waals surface area contributed by atoms with Crippen molar-refractivity contribution in [2.24, 2.45) is 0 Å². The second kappa shape index (κ2) is 8.92. The lowest BCUT2D eigenvalue weighted by Gasteiger charge is -2.20. The molecule has 0 aromatic heterocycles. The largest absolute Gasteiger partial charge is 0.0975 e. The fraction of sp³-hybridized carbons (Fsp3) is 1.00. The van der Waals surface area contributed by atoms with Crippen molar-refractivity contribution >= 4 is 17.8 Å². The van der Waals surface area contributed by atoms with Crippen LogP contribution in [0.15, 0.2) is 0 Å². The van der Waals surface area contributed by atoms with Gasteiger partial charge >= 0.3 is 0 Å². The maximum atomic E-state index is 5.86. The van der Waals surface area contributed by atoms with Crippen LogP contribution in [0.1, 0.15) is 59.3 Å². The molecular formula is C12H27PS. The zero-order valence-corrected chi connectivity index (χ0v) is 11.9. The van der Waals surface area contributed by atoms with Gasteiger partial charge in [0.25, 0.3) is 0 Å². The summed E-state index contributed by atoms with van der Waals surface area (Å²) in [6.07, 6.45) is 12.2. The van der Waals surface area contributed by atoms with Crippen LogP contribution in [0.3, 0.4) is 0 Å². The molecule has 0 amide bonds. The van der Waals surface area contributed by atoms with Crippen LogP contribution in [0.2, 0.25) is 0 Å². The summed E-state index contributed by atoms with van der Waals surface area (Å²) in [5.41, 5.74) is 0. The highest BCUT2D eigenvalue weighted by Crippen LogP contribution is 2.47. The Bertz CT molecular complexity index is 156. The van der Waals surface area contributed by atoms with Crippen LogP contribution in [0, 0.1) is 0 Å². The van der Waals surface area contributed by atoms with Crippen molar-refractivity contribution < 1.29 is 0 Å². The number of unbranched alkanes of at least 4 members (excludes halogenated alkanes) is 3. The smallest absolute Gasteiger partial charge is 0.0235 e. The molecule has 0 aromatic rings. The SMILES string of the molecule is CCCCCCP(=S)(CCC)CCC. The Morgan fingerprint density at radius 1 is 0.714 bits per heavy atom. The second-order valence-corrected chi connectivity index (χ2v) is 10.1. The molecule has 14 heavy (non-hydrogen) atoms. The van der Waals surface area contributed by atoms with Gasteiger partial charge in [-0.05, 0) is 30.9 Å². The van der Waals surface area contributed by atoms with Crippen LogP contribution in [0.5, 0.6) is 0 Å². The first-order chi connectivity index (χ1) is 6.68. The van der Waals surface area contributed by atoms with Crippen LogP contribution in [0.4, 0.5) is 0 Å². The minimum atomic E-state index is -0.926. The van der Waals surface area contributed by atoms with E-state index in [1.165, 1.54) is 57.0 Å². The third-order valence-electron chi connectivity index (χ3n) is 2.68. The first-order valence-electron chi connectivity index (χ1n) is 6.25. The monoisotopic (exact) mass is 234 g/mol. The molecule has 0 saturated carbocycles. The van der Waals surface area contributed by atoms with Gasteiger partial charge in [-0.2, -0.15) is 0 Å². The van der Waals surface area contributed by atoms with Crippen LogP contribution in [0.25, 0.3) is 0 Å². The molecule has 0 atom stereocenters. The quantitative estimate of drug-likeness (QED) is 0.405. The summed E-state index contributed by atoms with van der Waals surface area (Å²) in [5, 5.41) is 0. The molecular weight excluding hydrogens is 207 g/mol. The molecule has 0 aliphatic carbocycles. The Labute approximate surface area is 95.9 Å². The minimum Gasteiger partial charge on any atom is -0.0975 e. The molecule has 0 heterocycles. The lowest BCUT2D eigenvalue weighted by molar-refractivity contribution is 0.703. The zero-order chi connectivity index (χ0) is 10.9. The molecule has 0 rings (SSSR count). The summed E-state index contributed by atoms with van der Waals surface area (Å²) in [6.45, 7) is 6.83. The van der Waals surface area contributed by atoms with Crippen molar-refractivity contribution in [1.29, 1.82) is 0 Å². The van der Waals surface area contributed by atoms with Crippen molar-refractivity contribution in [2.45, 2.75) is 59.3 Å². The molecule has 0 radical (unpaired) electrons. The van der Waals surface area contributed by atoms with Gasteiger partial charge < -0.3 is 0 Å². The van der Waals surface area contributed by atoms with E-state index in [1.807, 2.05) is 0 Å². The first kappa shape index (κ1) is 14.6. The van der Waals surface area contributed by atoms with Crippen molar-refractivity contribution in [3.63, 3.8) is 0 Å². The second-order valence-electron chi connectivity index (χ2n) is 4.29. The predicted octanol–water partition coefficient (Wildman–Crippen LogP) is 4.87. The number of hydrogen-bond donors (Lipinski definition) is 0. The van der Waals surface area contributed by atoms with Gasteiger partial charge in [0.15, 0.2) is 0 Å². The summed E-state index contributed by atoms with van der Waals surface area (Å²) < 4.78 is 0. The van der Waals surface area contributed by atoms with Gasteiger partial charge in [0.2, 0.25) is 0 Å². The van der Waals surface area contributed by atoms with Gasteiger partial charge in [-0.3, -0.25) is 0 Å². The molecule has 0 aliphatic rings. The highest BCUT2D eigenvalue weighted by molar-refractivity contribution is 8.14. The van der Waals surface area contributed by atoms with Crippen molar-refractivity contribution in [2.75, 3.05) is 18.5 Å². The van der Waals surface area contributed by atoms with Crippen LogP contribution in [-0.4, -0.2) is 18.5 Å². The Hall–Kier alpha value is 0.650. The van der Waals surface area contributed by atoms with E-state index in [4.69, 9.17) is 11.8 Å². The predicted molar refractivity (Wildman–Crippen MR) is 73.6 cm³/mol. The molecule has 0 unspecified atom stereocenters. The average molecular weight is 234 g/mol. The van der Waals surface area contributed by atoms with E-state index in [9.17, 15) is 0 Å². The minimum absolute atomic E-state index is 0.926. The first-order valence-corrected chi connectivity index (χ1v) is 9.61. The molecule has 0 N–H and O–H groups in total. The third kappa shape index (κ3) is 7.01. The van der Waals surface area contributed by atoms with E-state index in [1.54, 1.807) is 0 Å². The standard InChI is InChI=1S/C12H27PS/c1-4-7-8-9-12-13(14,10-5-2)11-6-3/h4-12H2,1-3H3. The summed E-state index contributed by atoms with van der Waals surface area (Å²) in [6, 6.07) is -0.926. The average Bonchev–Trinajstić information content (AvgIpc) is 2.13. The van der Waals surface area contributed by atoms with E-state index in [-0.39, 0.29) is 0 Å². The van der Waals surface area contributed by atoms with Crippen molar-refractivity contribution in [3.8, 4) is 0 Å². The number of rotatable bonds is 9. The summed E-state index contributed by atoms with van der Waals surface area (Å²) in [5.74, 6) is 0. The van der Waals surface area contributed by atoms with Gasteiger partial charge in [-0.15, -0.1) is 0 Å². The maximum Gasteiger partial charge on any atom is -0.0235 e. The van der Waals surface area contributed by atoms with Gasteiger partial charge in [0.1, 0.15) is 0 Å². The van der Waals surface area contributed by atoms with Crippen LogP contribution in [-0.2, 0) is 11.8 Å². The molecule has 2 heteroatoms. The summed E-state index contributed by atoms with van der Waals surface area (Å²) >= 11 is 5.86. The zero-order valence-electron chi connectivity index (χ0n) is 10.2. The molecule has 0 nitrogen and oxygen atoms in total. The summed E-state index contributed by atoms with van der Waals surface area (Å²) in [7, 11) is 0. The lowest BCUT2D eigenvalue weighted by Crippen LogP contribution is -1.99. The molecule has 0 aliphatic heterocycles. The number of hydrogen-bond acceptors (Lipinski definition) is 1. The molecule has 86 valence electrons. The maximum absolute atomic E-state index is 5.86. The molecule has 0 saturated heterocycles. The Morgan fingerprint density at radius 2 is 1.29 bits per heavy atom. The molecule has 0 spiro atoms. The van der Waals surface area contributed by atoms with Gasteiger partial charge in [-0.1, -0.05) is 64.7 Å². The molecule has 0 bridgehead atoms. The fourth-order valence-electron chi connectivity index (χ4n) is 1.98. The topological polar surface area (TPSA) is 0 Å². The van der Waals surface area contributed by atoms with Crippen LogP contribution < -0.4 is 0 Å². The van der Waals surface area contributed by atoms with E-state index in [0.29, 0.717) is 0 Å². The van der Waals surface area contributed by atoms with Crippen molar-refractivity contribution in [1.82, 2.24) is 0 Å². The van der Waals surface area contributed by atoms with E-state index < -0.39 is 6.04 Å². The van der Waals surface area contributed by atoms with E-state index in [0.717, 1.165) is 0 Å². The lowest BCUT2D eigenvalue weighted by atomic mass is 10.2. The third-order valence-corrected chi connectivity index (χ3v) is 7.98. The Kier molecular flexibility index (Phi) is 9.33. The van der Waals surface area contributed by atoms with Gasteiger partial charge in [0.05, 0.1) is 0 Å². The molecule has 0 aromatic carbocycles. The fourth-order valence-corrected chi connectivity index (χ4v) is 6.56. The molecule has 0 fully saturated rings. The van der Waals surface area contributed by atoms with Crippen molar-refractivity contribution in [3.05, 3.63) is 0 Å². The van der Waals surface area contributed by atoms with Gasteiger partial charge in [-0.25, -0.2) is 0 Å². The highest BCUT2D eigenvalue weighted by atomic mass is 32.4. The van der Waals surface area contributed by atoms with E-state index >= 15 is 0 Å². The van der Waals surface area contributed by atoms with Crippen LogP contribution >= 0.6 is 6.04 Å². The van der Waals surface area contributed by atoms with Gasteiger partial charge in [0, 0.05) is 0 Å².